The molecule has 2 N–H and O–H groups in total. The van der Waals surface area contributed by atoms with Crippen LogP contribution in [0.2, 0.25) is 0 Å². The molecule has 0 amide bonds. The Kier molecular flexibility index (Phi) is 2.80. The summed E-state index contributed by atoms with van der Waals surface area (Å²) in [6.07, 6.45) is 5.06. The fourth-order valence-corrected chi connectivity index (χ4v) is 2.64. The number of nitrogens with zero attached hydrogens (tertiary/aromatic N) is 3. The molecule has 4 nitrogen and oxygen atoms in total. The first-order valence-electron chi connectivity index (χ1n) is 6.28. The normalized spacial score (nSPS) is 15.6. The molecular weight excluding hydrogens is 224 g/mol. The largest absolute Gasteiger partial charge is 0.398 e. The van der Waals surface area contributed by atoms with Gasteiger partial charge in [0.2, 0.25) is 0 Å². The van der Waals surface area contributed by atoms with Gasteiger partial charge in [-0.1, -0.05) is 12.1 Å². The molecule has 0 saturated heterocycles. The Morgan fingerprint density at radius 1 is 1.39 bits per heavy atom. The molecule has 18 heavy (non-hydrogen) atoms. The zero-order chi connectivity index (χ0) is 12.5. The predicted octanol–water partition coefficient (Wildman–Crippen LogP) is 1.56. The number of anilines is 1. The molecule has 0 radical (unpaired) electrons. The van der Waals surface area contributed by atoms with Gasteiger partial charge in [0, 0.05) is 44.1 Å². The van der Waals surface area contributed by atoms with Crippen molar-refractivity contribution in [3.05, 3.63) is 47.3 Å². The topological polar surface area (TPSA) is 47.1 Å². The van der Waals surface area contributed by atoms with Crippen molar-refractivity contribution in [3.63, 3.8) is 0 Å². The summed E-state index contributed by atoms with van der Waals surface area (Å²) >= 11 is 0. The van der Waals surface area contributed by atoms with Crippen LogP contribution in [0.3, 0.4) is 0 Å². The maximum atomic E-state index is 6.01. The molecular formula is C14H18N4. The van der Waals surface area contributed by atoms with E-state index in [2.05, 4.69) is 22.3 Å². The summed E-state index contributed by atoms with van der Waals surface area (Å²) in [4.78, 5) is 2.44. The van der Waals surface area contributed by atoms with E-state index < -0.39 is 0 Å². The average Bonchev–Trinajstić information content (AvgIpc) is 2.75. The second kappa shape index (κ2) is 4.46. The molecule has 1 aromatic carbocycles. The van der Waals surface area contributed by atoms with Crippen LogP contribution in [0, 0.1) is 0 Å². The van der Waals surface area contributed by atoms with Crippen LogP contribution in [0.1, 0.15) is 16.7 Å². The van der Waals surface area contributed by atoms with Crippen molar-refractivity contribution in [1.29, 1.82) is 0 Å². The zero-order valence-corrected chi connectivity index (χ0v) is 10.6. The Balaban J connectivity index is 1.75. The molecule has 0 unspecified atom stereocenters. The maximum Gasteiger partial charge on any atom is 0.0534 e. The average molecular weight is 242 g/mol. The fourth-order valence-electron chi connectivity index (χ4n) is 2.64. The van der Waals surface area contributed by atoms with Crippen LogP contribution < -0.4 is 5.73 Å². The lowest BCUT2D eigenvalue weighted by atomic mass is 9.98. The van der Waals surface area contributed by atoms with E-state index in [9.17, 15) is 0 Å². The molecule has 2 aromatic rings. The highest BCUT2D eigenvalue weighted by molar-refractivity contribution is 5.51. The quantitative estimate of drug-likeness (QED) is 0.813. The molecule has 94 valence electrons. The molecule has 3 rings (SSSR count). The van der Waals surface area contributed by atoms with Gasteiger partial charge in [-0.2, -0.15) is 5.10 Å². The van der Waals surface area contributed by atoms with Crippen molar-refractivity contribution < 1.29 is 0 Å². The van der Waals surface area contributed by atoms with Crippen LogP contribution in [0.5, 0.6) is 0 Å². The van der Waals surface area contributed by atoms with E-state index in [0.29, 0.717) is 0 Å². The maximum absolute atomic E-state index is 6.01. The molecule has 0 aliphatic carbocycles. The van der Waals surface area contributed by atoms with Gasteiger partial charge < -0.3 is 5.73 Å². The fraction of sp³-hybridized carbons (Fsp3) is 0.357. The highest BCUT2D eigenvalue weighted by Crippen LogP contribution is 2.24. The van der Waals surface area contributed by atoms with Gasteiger partial charge in [-0.05, 0) is 23.6 Å². The Bertz CT molecular complexity index is 559. The number of fused-ring (bicyclic) bond motifs is 1. The van der Waals surface area contributed by atoms with E-state index in [4.69, 9.17) is 5.73 Å². The van der Waals surface area contributed by atoms with E-state index in [1.165, 1.54) is 16.7 Å². The van der Waals surface area contributed by atoms with Crippen molar-refractivity contribution in [1.82, 2.24) is 14.7 Å². The lowest BCUT2D eigenvalue weighted by molar-refractivity contribution is 0.246. The van der Waals surface area contributed by atoms with Crippen molar-refractivity contribution >= 4 is 5.69 Å². The third kappa shape index (κ3) is 2.11. The van der Waals surface area contributed by atoms with Gasteiger partial charge in [0.15, 0.2) is 0 Å². The van der Waals surface area contributed by atoms with Crippen LogP contribution >= 0.6 is 0 Å². The van der Waals surface area contributed by atoms with Gasteiger partial charge in [0.25, 0.3) is 0 Å². The minimum Gasteiger partial charge on any atom is -0.398 e. The van der Waals surface area contributed by atoms with Crippen molar-refractivity contribution in [2.75, 3.05) is 12.3 Å². The second-order valence-corrected chi connectivity index (χ2v) is 4.97. The molecule has 1 aliphatic rings. The second-order valence-electron chi connectivity index (χ2n) is 4.97. The summed E-state index contributed by atoms with van der Waals surface area (Å²) in [5, 5.41) is 4.21. The van der Waals surface area contributed by atoms with E-state index in [1.807, 2.05) is 30.1 Å². The number of hydrogen-bond acceptors (Lipinski definition) is 3. The zero-order valence-electron chi connectivity index (χ0n) is 10.6. The summed E-state index contributed by atoms with van der Waals surface area (Å²) in [5.74, 6) is 0. The third-order valence-electron chi connectivity index (χ3n) is 3.55. The molecule has 0 bridgehead atoms. The Labute approximate surface area is 107 Å². The van der Waals surface area contributed by atoms with E-state index in [1.54, 1.807) is 0 Å². The minimum absolute atomic E-state index is 0.938. The first-order chi connectivity index (χ1) is 8.72. The number of aromatic nitrogens is 2. The Morgan fingerprint density at radius 2 is 2.28 bits per heavy atom. The number of rotatable bonds is 2. The van der Waals surface area contributed by atoms with Crippen molar-refractivity contribution in [2.45, 2.75) is 19.5 Å². The summed E-state index contributed by atoms with van der Waals surface area (Å²) in [6.45, 7) is 3.01. The van der Waals surface area contributed by atoms with Gasteiger partial charge in [0.05, 0.1) is 6.20 Å². The molecule has 0 atom stereocenters. The van der Waals surface area contributed by atoms with Crippen molar-refractivity contribution in [2.24, 2.45) is 7.05 Å². The Morgan fingerprint density at radius 3 is 3.06 bits per heavy atom. The molecule has 0 saturated carbocycles. The third-order valence-corrected chi connectivity index (χ3v) is 3.55. The molecule has 4 heteroatoms. The predicted molar refractivity (Wildman–Crippen MR) is 71.9 cm³/mol. The molecule has 1 aliphatic heterocycles. The summed E-state index contributed by atoms with van der Waals surface area (Å²) < 4.78 is 1.85. The number of benzene rings is 1. The van der Waals surface area contributed by atoms with Crippen molar-refractivity contribution in [3.8, 4) is 0 Å². The smallest absolute Gasteiger partial charge is 0.0534 e. The monoisotopic (exact) mass is 242 g/mol. The highest BCUT2D eigenvalue weighted by Gasteiger charge is 2.18. The van der Waals surface area contributed by atoms with Gasteiger partial charge in [0.1, 0.15) is 0 Å². The SMILES string of the molecule is Cn1cc(CN2CCc3c(N)cccc3C2)cn1. The van der Waals surface area contributed by atoms with Crippen LogP contribution in [-0.2, 0) is 26.6 Å². The van der Waals surface area contributed by atoms with Crippen LogP contribution in [0.4, 0.5) is 5.69 Å². The van der Waals surface area contributed by atoms with E-state index in [0.717, 1.165) is 31.7 Å². The standard InChI is InChI=1S/C14H18N4/c1-17-8-11(7-16-17)9-18-6-5-13-12(10-18)3-2-4-14(13)15/h2-4,7-8H,5-6,9-10,15H2,1H3. The van der Waals surface area contributed by atoms with Gasteiger partial charge in [-0.25, -0.2) is 0 Å². The van der Waals surface area contributed by atoms with Gasteiger partial charge in [-0.3, -0.25) is 9.58 Å². The van der Waals surface area contributed by atoms with Gasteiger partial charge in [-0.15, -0.1) is 0 Å². The Hall–Kier alpha value is -1.81. The van der Waals surface area contributed by atoms with Gasteiger partial charge >= 0.3 is 0 Å². The van der Waals surface area contributed by atoms with E-state index >= 15 is 0 Å². The number of nitrogen functional groups attached to an aromatic ring is 1. The summed E-state index contributed by atoms with van der Waals surface area (Å²) in [7, 11) is 1.95. The summed E-state index contributed by atoms with van der Waals surface area (Å²) in [6, 6.07) is 6.22. The molecule has 2 heterocycles. The number of hydrogen-bond donors (Lipinski definition) is 1. The first kappa shape index (κ1) is 11.3. The van der Waals surface area contributed by atoms with Crippen LogP contribution in [-0.4, -0.2) is 21.2 Å². The molecule has 0 fully saturated rings. The number of aryl methyl sites for hydroxylation is 1. The number of nitrogens with two attached hydrogens (primary N) is 1. The molecule has 1 aromatic heterocycles. The summed E-state index contributed by atoms with van der Waals surface area (Å²) in [5.41, 5.74) is 10.9. The lowest BCUT2D eigenvalue weighted by Crippen LogP contribution is -2.30. The highest BCUT2D eigenvalue weighted by atomic mass is 15.2. The lowest BCUT2D eigenvalue weighted by Gasteiger charge is -2.29. The van der Waals surface area contributed by atoms with E-state index in [-0.39, 0.29) is 0 Å². The first-order valence-corrected chi connectivity index (χ1v) is 6.28. The van der Waals surface area contributed by atoms with Crippen LogP contribution in [0.15, 0.2) is 30.6 Å². The van der Waals surface area contributed by atoms with Crippen LogP contribution in [0.25, 0.3) is 0 Å². The minimum atomic E-state index is 0.938. The molecule has 0 spiro atoms.